The van der Waals surface area contributed by atoms with E-state index in [1.54, 1.807) is 42.7 Å². The number of benzene rings is 1. The largest absolute Gasteiger partial charge is 0.403 e. The highest BCUT2D eigenvalue weighted by Gasteiger charge is 2.10. The van der Waals surface area contributed by atoms with Crippen LogP contribution in [0.5, 0.6) is 0 Å². The van der Waals surface area contributed by atoms with Crippen molar-refractivity contribution in [2.75, 3.05) is 0 Å². The van der Waals surface area contributed by atoms with Gasteiger partial charge in [0.25, 0.3) is 0 Å². The second kappa shape index (κ2) is 4.23. The molecule has 88 valence electrons. The standard InChI is InChI=1S/C13H7ClN2O2/c14-10-5-1-4-9-11(10)16-12(18-13(9)17)8-3-2-6-15-7-8/h1-7H. The third-order valence-corrected chi connectivity index (χ3v) is 2.82. The summed E-state index contributed by atoms with van der Waals surface area (Å²) in [6.07, 6.45) is 3.21. The van der Waals surface area contributed by atoms with Crippen molar-refractivity contribution >= 4 is 22.5 Å². The summed E-state index contributed by atoms with van der Waals surface area (Å²) < 4.78 is 5.17. The summed E-state index contributed by atoms with van der Waals surface area (Å²) in [6.45, 7) is 0. The van der Waals surface area contributed by atoms with Gasteiger partial charge in [0.05, 0.1) is 16.0 Å². The van der Waals surface area contributed by atoms with Crippen LogP contribution in [0.4, 0.5) is 0 Å². The molecule has 5 heteroatoms. The molecule has 0 N–H and O–H groups in total. The van der Waals surface area contributed by atoms with Crippen LogP contribution in [0, 0.1) is 0 Å². The lowest BCUT2D eigenvalue weighted by Crippen LogP contribution is -2.03. The van der Waals surface area contributed by atoms with Gasteiger partial charge in [-0.1, -0.05) is 17.7 Å². The summed E-state index contributed by atoms with van der Waals surface area (Å²) >= 11 is 6.03. The smallest absolute Gasteiger partial charge is 0.347 e. The molecule has 18 heavy (non-hydrogen) atoms. The van der Waals surface area contributed by atoms with Crippen molar-refractivity contribution in [2.45, 2.75) is 0 Å². The Kier molecular flexibility index (Phi) is 2.57. The molecule has 1 aromatic carbocycles. The number of para-hydroxylation sites is 1. The maximum absolute atomic E-state index is 11.8. The SMILES string of the molecule is O=c1oc(-c2cccnc2)nc2c(Cl)cccc12. The van der Waals surface area contributed by atoms with Gasteiger partial charge in [0.2, 0.25) is 5.89 Å². The quantitative estimate of drug-likeness (QED) is 0.673. The monoisotopic (exact) mass is 258 g/mol. The van der Waals surface area contributed by atoms with E-state index in [9.17, 15) is 4.79 Å². The lowest BCUT2D eigenvalue weighted by Gasteiger charge is -2.02. The Hall–Kier alpha value is -2.20. The van der Waals surface area contributed by atoms with Gasteiger partial charge in [0, 0.05) is 12.4 Å². The second-order valence-electron chi connectivity index (χ2n) is 3.68. The number of pyridine rings is 1. The molecular weight excluding hydrogens is 252 g/mol. The molecule has 0 aliphatic carbocycles. The predicted octanol–water partition coefficient (Wildman–Crippen LogP) is 2.90. The normalized spacial score (nSPS) is 10.7. The van der Waals surface area contributed by atoms with E-state index in [0.29, 0.717) is 21.5 Å². The minimum absolute atomic E-state index is 0.216. The van der Waals surface area contributed by atoms with Crippen molar-refractivity contribution in [1.82, 2.24) is 9.97 Å². The van der Waals surface area contributed by atoms with E-state index in [0.717, 1.165) is 0 Å². The highest BCUT2D eigenvalue weighted by molar-refractivity contribution is 6.35. The number of halogens is 1. The average molecular weight is 259 g/mol. The molecule has 2 heterocycles. The van der Waals surface area contributed by atoms with E-state index >= 15 is 0 Å². The van der Waals surface area contributed by atoms with Crippen LogP contribution < -0.4 is 5.63 Å². The maximum Gasteiger partial charge on any atom is 0.347 e. The average Bonchev–Trinajstić information content (AvgIpc) is 2.41. The number of hydrogen-bond acceptors (Lipinski definition) is 4. The zero-order chi connectivity index (χ0) is 12.5. The fourth-order valence-electron chi connectivity index (χ4n) is 1.67. The Morgan fingerprint density at radius 3 is 2.83 bits per heavy atom. The molecule has 0 amide bonds. The van der Waals surface area contributed by atoms with Gasteiger partial charge < -0.3 is 4.42 Å². The summed E-state index contributed by atoms with van der Waals surface area (Å²) in [6, 6.07) is 8.51. The van der Waals surface area contributed by atoms with Gasteiger partial charge in [0.1, 0.15) is 5.52 Å². The van der Waals surface area contributed by atoms with Gasteiger partial charge in [-0.05, 0) is 24.3 Å². The van der Waals surface area contributed by atoms with Gasteiger partial charge in [-0.25, -0.2) is 9.78 Å². The van der Waals surface area contributed by atoms with E-state index in [1.807, 2.05) is 0 Å². The molecule has 3 rings (SSSR count). The summed E-state index contributed by atoms with van der Waals surface area (Å²) in [5.74, 6) is 0.216. The summed E-state index contributed by atoms with van der Waals surface area (Å²) in [5.41, 5.74) is 0.618. The molecule has 0 atom stereocenters. The third-order valence-electron chi connectivity index (χ3n) is 2.52. The van der Waals surface area contributed by atoms with Crippen molar-refractivity contribution in [2.24, 2.45) is 0 Å². The first-order chi connectivity index (χ1) is 8.75. The van der Waals surface area contributed by atoms with Crippen molar-refractivity contribution in [1.29, 1.82) is 0 Å². The van der Waals surface area contributed by atoms with Crippen LogP contribution in [0.3, 0.4) is 0 Å². The molecule has 0 spiro atoms. The number of aromatic nitrogens is 2. The summed E-state index contributed by atoms with van der Waals surface area (Å²) in [7, 11) is 0. The van der Waals surface area contributed by atoms with Crippen molar-refractivity contribution in [3.05, 3.63) is 58.2 Å². The van der Waals surface area contributed by atoms with E-state index in [4.69, 9.17) is 16.0 Å². The molecule has 0 aliphatic rings. The molecule has 0 unspecified atom stereocenters. The van der Waals surface area contributed by atoms with E-state index in [1.165, 1.54) is 0 Å². The van der Waals surface area contributed by atoms with Gasteiger partial charge in [-0.3, -0.25) is 4.98 Å². The molecule has 4 nitrogen and oxygen atoms in total. The number of rotatable bonds is 1. The van der Waals surface area contributed by atoms with Crippen LogP contribution in [-0.4, -0.2) is 9.97 Å². The Morgan fingerprint density at radius 1 is 1.17 bits per heavy atom. The summed E-state index contributed by atoms with van der Waals surface area (Å²) in [4.78, 5) is 20.1. The predicted molar refractivity (Wildman–Crippen MR) is 68.5 cm³/mol. The van der Waals surface area contributed by atoms with Crippen molar-refractivity contribution in [3.8, 4) is 11.5 Å². The Balaban J connectivity index is 2.34. The second-order valence-corrected chi connectivity index (χ2v) is 4.09. The molecule has 2 aromatic heterocycles. The lowest BCUT2D eigenvalue weighted by atomic mass is 10.2. The third kappa shape index (κ3) is 1.76. The van der Waals surface area contributed by atoms with Crippen LogP contribution in [0.25, 0.3) is 22.4 Å². The van der Waals surface area contributed by atoms with E-state index in [-0.39, 0.29) is 5.89 Å². The number of fused-ring (bicyclic) bond motifs is 1. The molecular formula is C13H7ClN2O2. The maximum atomic E-state index is 11.8. The van der Waals surface area contributed by atoms with Crippen molar-refractivity contribution in [3.63, 3.8) is 0 Å². The van der Waals surface area contributed by atoms with Crippen LogP contribution >= 0.6 is 11.6 Å². The molecule has 3 aromatic rings. The highest BCUT2D eigenvalue weighted by atomic mass is 35.5. The lowest BCUT2D eigenvalue weighted by molar-refractivity contribution is 0.518. The Bertz CT molecular complexity index is 769. The number of nitrogens with zero attached hydrogens (tertiary/aromatic N) is 2. The van der Waals surface area contributed by atoms with Gasteiger partial charge in [-0.2, -0.15) is 0 Å². The highest BCUT2D eigenvalue weighted by Crippen LogP contribution is 2.22. The topological polar surface area (TPSA) is 56.0 Å². The Morgan fingerprint density at radius 2 is 2.06 bits per heavy atom. The molecule has 0 radical (unpaired) electrons. The molecule has 0 saturated carbocycles. The zero-order valence-electron chi connectivity index (χ0n) is 9.13. The van der Waals surface area contributed by atoms with Gasteiger partial charge in [0.15, 0.2) is 0 Å². The molecule has 0 aliphatic heterocycles. The van der Waals surface area contributed by atoms with Crippen LogP contribution in [0.1, 0.15) is 0 Å². The first-order valence-electron chi connectivity index (χ1n) is 5.25. The van der Waals surface area contributed by atoms with E-state index < -0.39 is 5.63 Å². The van der Waals surface area contributed by atoms with Crippen LogP contribution in [-0.2, 0) is 0 Å². The molecule has 0 bridgehead atoms. The fourth-order valence-corrected chi connectivity index (χ4v) is 1.89. The van der Waals surface area contributed by atoms with Crippen LogP contribution in [0.2, 0.25) is 5.02 Å². The molecule has 0 fully saturated rings. The first kappa shape index (κ1) is 10.9. The Labute approximate surface area is 107 Å². The minimum atomic E-state index is -0.457. The van der Waals surface area contributed by atoms with Gasteiger partial charge in [-0.15, -0.1) is 0 Å². The number of hydrogen-bond donors (Lipinski definition) is 0. The summed E-state index contributed by atoms with van der Waals surface area (Å²) in [5, 5.41) is 0.792. The van der Waals surface area contributed by atoms with E-state index in [2.05, 4.69) is 9.97 Å². The fraction of sp³-hybridized carbons (Fsp3) is 0. The van der Waals surface area contributed by atoms with Crippen molar-refractivity contribution < 1.29 is 4.42 Å². The van der Waals surface area contributed by atoms with Crippen LogP contribution in [0.15, 0.2) is 51.9 Å². The minimum Gasteiger partial charge on any atom is -0.403 e. The first-order valence-corrected chi connectivity index (χ1v) is 5.63. The van der Waals surface area contributed by atoms with Gasteiger partial charge >= 0.3 is 5.63 Å². The molecule has 0 saturated heterocycles. The zero-order valence-corrected chi connectivity index (χ0v) is 9.89.